The Balaban J connectivity index is 1.83. The molecule has 0 aliphatic rings. The highest BCUT2D eigenvalue weighted by Gasteiger charge is 2.15. The van der Waals surface area contributed by atoms with Gasteiger partial charge in [-0.25, -0.2) is 19.6 Å². The molecule has 10 nitrogen and oxygen atoms in total. The number of non-ortho nitro benzene ring substituents is 1. The van der Waals surface area contributed by atoms with Gasteiger partial charge in [-0.1, -0.05) is 11.6 Å². The molecule has 0 saturated carbocycles. The summed E-state index contributed by atoms with van der Waals surface area (Å²) in [6.07, 6.45) is 4.04. The highest BCUT2D eigenvalue weighted by atomic mass is 35.5. The van der Waals surface area contributed by atoms with Crippen LogP contribution in [0.3, 0.4) is 0 Å². The van der Waals surface area contributed by atoms with E-state index in [2.05, 4.69) is 25.4 Å². The summed E-state index contributed by atoms with van der Waals surface area (Å²) < 4.78 is 1.40. The highest BCUT2D eigenvalue weighted by molar-refractivity contribution is 6.34. The molecule has 0 unspecified atom stereocenters. The minimum absolute atomic E-state index is 0.0349. The maximum atomic E-state index is 12.3. The summed E-state index contributed by atoms with van der Waals surface area (Å²) in [4.78, 5) is 34.1. The molecule has 2 aromatic heterocycles. The third-order valence-corrected chi connectivity index (χ3v) is 3.27. The number of hydrogen-bond donors (Lipinski definition) is 1. The van der Waals surface area contributed by atoms with Crippen LogP contribution in [-0.4, -0.2) is 35.6 Å². The van der Waals surface area contributed by atoms with Crippen molar-refractivity contribution in [2.24, 2.45) is 0 Å². The standard InChI is InChI=1S/C13H8ClN7O3/c14-10-3-8(21(23)24)1-2-9(10)13(22)19-11-4-12(17-6-16-11)20-7-15-5-18-20/h1-7H,(H,16,17,19,22). The first-order valence-corrected chi connectivity index (χ1v) is 6.85. The van der Waals surface area contributed by atoms with E-state index in [1.807, 2.05) is 0 Å². The molecular weight excluding hydrogens is 338 g/mol. The van der Waals surface area contributed by atoms with Gasteiger partial charge in [0, 0.05) is 18.2 Å². The van der Waals surface area contributed by atoms with Crippen molar-refractivity contribution in [2.75, 3.05) is 5.32 Å². The molecule has 0 aliphatic carbocycles. The second kappa shape index (κ2) is 6.38. The number of nitrogens with zero attached hydrogens (tertiary/aromatic N) is 6. The molecule has 0 aliphatic heterocycles. The predicted octanol–water partition coefficient (Wildman–Crippen LogP) is 1.87. The minimum Gasteiger partial charge on any atom is -0.306 e. The van der Waals surface area contributed by atoms with Gasteiger partial charge in [0.1, 0.15) is 24.8 Å². The van der Waals surface area contributed by atoms with Crippen molar-refractivity contribution in [3.63, 3.8) is 0 Å². The van der Waals surface area contributed by atoms with Crippen LogP contribution in [0.1, 0.15) is 10.4 Å². The van der Waals surface area contributed by atoms with Crippen molar-refractivity contribution >= 4 is 29.0 Å². The lowest BCUT2D eigenvalue weighted by Crippen LogP contribution is -2.14. The van der Waals surface area contributed by atoms with Crippen LogP contribution in [0.5, 0.6) is 0 Å². The van der Waals surface area contributed by atoms with E-state index in [-0.39, 0.29) is 22.1 Å². The zero-order valence-electron chi connectivity index (χ0n) is 11.8. The number of nitro benzene ring substituents is 1. The number of aromatic nitrogens is 5. The highest BCUT2D eigenvalue weighted by Crippen LogP contribution is 2.23. The Bertz CT molecular complexity index is 914. The molecular formula is C13H8ClN7O3. The second-order valence-corrected chi connectivity index (χ2v) is 4.88. The number of hydrogen-bond acceptors (Lipinski definition) is 7. The molecule has 0 bridgehead atoms. The first-order chi connectivity index (χ1) is 11.5. The quantitative estimate of drug-likeness (QED) is 0.564. The van der Waals surface area contributed by atoms with Crippen molar-refractivity contribution in [1.82, 2.24) is 24.7 Å². The summed E-state index contributed by atoms with van der Waals surface area (Å²) in [5.74, 6) is 0.0701. The molecule has 24 heavy (non-hydrogen) atoms. The summed E-state index contributed by atoms with van der Waals surface area (Å²) in [5, 5.41) is 17.1. The molecule has 120 valence electrons. The Morgan fingerprint density at radius 3 is 2.75 bits per heavy atom. The van der Waals surface area contributed by atoms with Crippen molar-refractivity contribution in [3.8, 4) is 5.82 Å². The second-order valence-electron chi connectivity index (χ2n) is 4.48. The van der Waals surface area contributed by atoms with Crippen LogP contribution in [-0.2, 0) is 0 Å². The number of carbonyl (C=O) groups is 1. The van der Waals surface area contributed by atoms with Crippen molar-refractivity contribution in [1.29, 1.82) is 0 Å². The number of benzene rings is 1. The summed E-state index contributed by atoms with van der Waals surface area (Å²) in [6, 6.07) is 5.07. The zero-order chi connectivity index (χ0) is 17.1. The van der Waals surface area contributed by atoms with Crippen molar-refractivity contribution < 1.29 is 9.72 Å². The largest absolute Gasteiger partial charge is 0.306 e. The third-order valence-electron chi connectivity index (χ3n) is 2.96. The van der Waals surface area contributed by atoms with Crippen LogP contribution in [0.2, 0.25) is 5.02 Å². The van der Waals surface area contributed by atoms with Gasteiger partial charge in [-0.05, 0) is 6.07 Å². The summed E-state index contributed by atoms with van der Waals surface area (Å²) in [6.45, 7) is 0. The van der Waals surface area contributed by atoms with E-state index in [9.17, 15) is 14.9 Å². The number of anilines is 1. The smallest absolute Gasteiger partial charge is 0.270 e. The topological polar surface area (TPSA) is 129 Å². The Labute approximate surface area is 139 Å². The molecule has 1 aromatic carbocycles. The number of carbonyl (C=O) groups excluding carboxylic acids is 1. The van der Waals surface area contributed by atoms with E-state index < -0.39 is 10.8 Å². The number of halogens is 1. The normalized spacial score (nSPS) is 10.4. The number of rotatable bonds is 4. The van der Waals surface area contributed by atoms with E-state index in [1.54, 1.807) is 0 Å². The predicted molar refractivity (Wildman–Crippen MR) is 83.0 cm³/mol. The molecule has 1 N–H and O–H groups in total. The monoisotopic (exact) mass is 345 g/mol. The summed E-state index contributed by atoms with van der Waals surface area (Å²) >= 11 is 5.93. The molecule has 0 radical (unpaired) electrons. The average molecular weight is 346 g/mol. The SMILES string of the molecule is O=C(Nc1cc(-n2cncn2)ncn1)c1ccc([N+](=O)[O-])cc1Cl. The van der Waals surface area contributed by atoms with Crippen molar-refractivity contribution in [3.05, 3.63) is 63.9 Å². The van der Waals surface area contributed by atoms with Gasteiger partial charge in [-0.2, -0.15) is 5.10 Å². The summed E-state index contributed by atoms with van der Waals surface area (Å²) in [5.41, 5.74) is -0.116. The van der Waals surface area contributed by atoms with Crippen LogP contribution in [0.15, 0.2) is 43.2 Å². The Morgan fingerprint density at radius 1 is 1.25 bits per heavy atom. The molecule has 11 heteroatoms. The maximum absolute atomic E-state index is 12.3. The fraction of sp³-hybridized carbons (Fsp3) is 0. The van der Waals surface area contributed by atoms with Crippen LogP contribution >= 0.6 is 11.6 Å². The average Bonchev–Trinajstić information content (AvgIpc) is 3.09. The summed E-state index contributed by atoms with van der Waals surface area (Å²) in [7, 11) is 0. The molecule has 0 atom stereocenters. The molecule has 3 aromatic rings. The maximum Gasteiger partial charge on any atom is 0.270 e. The lowest BCUT2D eigenvalue weighted by atomic mass is 10.2. The number of amides is 1. The Kier molecular flexibility index (Phi) is 4.12. The van der Waals surface area contributed by atoms with Gasteiger partial charge in [0.05, 0.1) is 15.5 Å². The number of nitro groups is 1. The van der Waals surface area contributed by atoms with E-state index >= 15 is 0 Å². The Morgan fingerprint density at radius 2 is 2.08 bits per heavy atom. The molecule has 2 heterocycles. The van der Waals surface area contributed by atoms with E-state index in [1.165, 1.54) is 41.9 Å². The van der Waals surface area contributed by atoms with Crippen molar-refractivity contribution in [2.45, 2.75) is 0 Å². The third kappa shape index (κ3) is 3.17. The van der Waals surface area contributed by atoms with Gasteiger partial charge in [-0.3, -0.25) is 14.9 Å². The lowest BCUT2D eigenvalue weighted by Gasteiger charge is -2.07. The molecule has 0 spiro atoms. The van der Waals surface area contributed by atoms with Crippen LogP contribution in [0.25, 0.3) is 5.82 Å². The van der Waals surface area contributed by atoms with Gasteiger partial charge in [-0.15, -0.1) is 0 Å². The number of nitrogens with one attached hydrogen (secondary N) is 1. The van der Waals surface area contributed by atoms with E-state index in [0.29, 0.717) is 5.82 Å². The van der Waals surface area contributed by atoms with Gasteiger partial charge in [0.15, 0.2) is 5.82 Å². The fourth-order valence-corrected chi connectivity index (χ4v) is 2.11. The van der Waals surface area contributed by atoms with Gasteiger partial charge in [0.25, 0.3) is 11.6 Å². The Hall–Kier alpha value is -3.40. The van der Waals surface area contributed by atoms with Crippen LogP contribution < -0.4 is 5.32 Å². The van der Waals surface area contributed by atoms with Gasteiger partial charge < -0.3 is 5.32 Å². The van der Waals surface area contributed by atoms with E-state index in [4.69, 9.17) is 11.6 Å². The first kappa shape index (κ1) is 15.5. The minimum atomic E-state index is -0.595. The fourth-order valence-electron chi connectivity index (χ4n) is 1.85. The zero-order valence-corrected chi connectivity index (χ0v) is 12.6. The van der Waals surface area contributed by atoms with Gasteiger partial charge in [0.2, 0.25) is 0 Å². The van der Waals surface area contributed by atoms with Gasteiger partial charge >= 0.3 is 0 Å². The molecule has 0 fully saturated rings. The first-order valence-electron chi connectivity index (χ1n) is 6.47. The molecule has 0 saturated heterocycles. The molecule has 1 amide bonds. The molecule has 3 rings (SSSR count). The van der Waals surface area contributed by atoms with E-state index in [0.717, 1.165) is 6.07 Å². The van der Waals surface area contributed by atoms with Crippen LogP contribution in [0, 0.1) is 10.1 Å². The van der Waals surface area contributed by atoms with Crippen LogP contribution in [0.4, 0.5) is 11.5 Å². The lowest BCUT2D eigenvalue weighted by molar-refractivity contribution is -0.384.